The number of amides is 1. The summed E-state index contributed by atoms with van der Waals surface area (Å²) in [5.74, 6) is 0.548. The Balaban J connectivity index is 1.88. The summed E-state index contributed by atoms with van der Waals surface area (Å²) in [6.07, 6.45) is 2.44. The molecule has 1 aliphatic heterocycles. The average molecular weight is 274 g/mol. The Morgan fingerprint density at radius 2 is 2.05 bits per heavy atom. The average Bonchev–Trinajstić information content (AvgIpc) is 2.92. The van der Waals surface area contributed by atoms with Gasteiger partial charge in [0.2, 0.25) is 0 Å². The number of carbonyl (C=O) groups excluding carboxylic acids is 1. The Hall–Kier alpha value is -1.35. The lowest BCUT2D eigenvalue weighted by molar-refractivity contribution is 0.0941. The molecule has 1 aromatic rings. The highest BCUT2D eigenvalue weighted by Gasteiger charge is 2.23. The molecule has 0 radical (unpaired) electrons. The van der Waals surface area contributed by atoms with Crippen LogP contribution in [0.3, 0.4) is 0 Å². The van der Waals surface area contributed by atoms with Gasteiger partial charge in [0.1, 0.15) is 0 Å². The molecule has 0 unspecified atom stereocenters. The molecule has 2 rings (SSSR count). The number of rotatable bonds is 5. The predicted molar refractivity (Wildman–Crippen MR) is 83.1 cm³/mol. The van der Waals surface area contributed by atoms with Crippen molar-refractivity contribution in [2.24, 2.45) is 0 Å². The molecule has 1 amide bonds. The molecule has 1 N–H and O–H groups in total. The fraction of sp³-hybridized carbons (Fsp3) is 0.588. The third-order valence-corrected chi connectivity index (χ3v) is 4.24. The molecule has 110 valence electrons. The number of hydrogen-bond donors (Lipinski definition) is 1. The van der Waals surface area contributed by atoms with E-state index in [-0.39, 0.29) is 5.91 Å². The smallest absolute Gasteiger partial charge is 0.251 e. The van der Waals surface area contributed by atoms with Crippen LogP contribution >= 0.6 is 0 Å². The van der Waals surface area contributed by atoms with Crippen LogP contribution in [0.25, 0.3) is 0 Å². The fourth-order valence-corrected chi connectivity index (χ4v) is 2.87. The second-order valence-electron chi connectivity index (χ2n) is 5.91. The van der Waals surface area contributed by atoms with Gasteiger partial charge in [-0.05, 0) is 49.5 Å². The van der Waals surface area contributed by atoms with E-state index in [0.717, 1.165) is 18.7 Å². The molecule has 3 nitrogen and oxygen atoms in total. The summed E-state index contributed by atoms with van der Waals surface area (Å²) in [5, 5.41) is 3.07. The van der Waals surface area contributed by atoms with Crippen LogP contribution in [0.5, 0.6) is 0 Å². The summed E-state index contributed by atoms with van der Waals surface area (Å²) < 4.78 is 0. The van der Waals surface area contributed by atoms with E-state index < -0.39 is 0 Å². The number of carbonyl (C=O) groups is 1. The van der Waals surface area contributed by atoms with Crippen LogP contribution < -0.4 is 5.32 Å². The number of nitrogens with zero attached hydrogens (tertiary/aromatic N) is 1. The number of likely N-dealkylation sites (tertiary alicyclic amines) is 1. The van der Waals surface area contributed by atoms with Crippen LogP contribution in [0.1, 0.15) is 55.5 Å². The molecule has 3 heteroatoms. The lowest BCUT2D eigenvalue weighted by Crippen LogP contribution is -2.40. The maximum Gasteiger partial charge on any atom is 0.251 e. The standard InChI is InChI=1S/C17H26N2O/c1-4-19-11-5-6-16(19)12-18-17(20)15-9-7-14(8-10-15)13(2)3/h7-10,13,16H,4-6,11-12H2,1-3H3,(H,18,20)/t16-/m0/s1. The van der Waals surface area contributed by atoms with Gasteiger partial charge in [0.15, 0.2) is 0 Å². The monoisotopic (exact) mass is 274 g/mol. The first-order valence-corrected chi connectivity index (χ1v) is 7.74. The second kappa shape index (κ2) is 6.89. The zero-order valence-corrected chi connectivity index (χ0v) is 12.9. The predicted octanol–water partition coefficient (Wildman–Crippen LogP) is 3.02. The SMILES string of the molecule is CCN1CCC[C@H]1CNC(=O)c1ccc(C(C)C)cc1. The van der Waals surface area contributed by atoms with Crippen molar-refractivity contribution in [2.75, 3.05) is 19.6 Å². The Kier molecular flexibility index (Phi) is 5.18. The number of benzene rings is 1. The third kappa shape index (κ3) is 3.60. The number of likely N-dealkylation sites (N-methyl/N-ethyl adjacent to an activating group) is 1. The van der Waals surface area contributed by atoms with E-state index in [0.29, 0.717) is 12.0 Å². The molecule has 1 heterocycles. The topological polar surface area (TPSA) is 32.3 Å². The summed E-state index contributed by atoms with van der Waals surface area (Å²) in [5.41, 5.74) is 2.03. The van der Waals surface area contributed by atoms with Gasteiger partial charge in [-0.1, -0.05) is 32.9 Å². The van der Waals surface area contributed by atoms with Gasteiger partial charge in [0.25, 0.3) is 5.91 Å². The summed E-state index contributed by atoms with van der Waals surface area (Å²) in [6.45, 7) is 9.51. The van der Waals surface area contributed by atoms with Gasteiger partial charge < -0.3 is 5.32 Å². The highest BCUT2D eigenvalue weighted by molar-refractivity contribution is 5.94. The molecule has 1 fully saturated rings. The molecular formula is C17H26N2O. The first-order valence-electron chi connectivity index (χ1n) is 7.74. The van der Waals surface area contributed by atoms with Gasteiger partial charge in [0, 0.05) is 18.2 Å². The minimum Gasteiger partial charge on any atom is -0.350 e. The van der Waals surface area contributed by atoms with Crippen molar-refractivity contribution in [3.8, 4) is 0 Å². The maximum atomic E-state index is 12.1. The first-order chi connectivity index (χ1) is 9.61. The zero-order chi connectivity index (χ0) is 14.5. The van der Waals surface area contributed by atoms with E-state index in [4.69, 9.17) is 0 Å². The molecule has 20 heavy (non-hydrogen) atoms. The second-order valence-corrected chi connectivity index (χ2v) is 5.91. The Labute approximate surface area is 122 Å². The number of hydrogen-bond acceptors (Lipinski definition) is 2. The van der Waals surface area contributed by atoms with E-state index >= 15 is 0 Å². The van der Waals surface area contributed by atoms with E-state index in [1.165, 1.54) is 24.9 Å². The van der Waals surface area contributed by atoms with Crippen molar-refractivity contribution in [3.05, 3.63) is 35.4 Å². The maximum absolute atomic E-state index is 12.1. The molecule has 1 aromatic carbocycles. The largest absolute Gasteiger partial charge is 0.350 e. The van der Waals surface area contributed by atoms with E-state index in [1.54, 1.807) is 0 Å². The first kappa shape index (κ1) is 15.0. The van der Waals surface area contributed by atoms with E-state index in [1.807, 2.05) is 24.3 Å². The van der Waals surface area contributed by atoms with Gasteiger partial charge >= 0.3 is 0 Å². The lowest BCUT2D eigenvalue weighted by atomic mass is 10.0. The molecule has 0 bridgehead atoms. The van der Waals surface area contributed by atoms with Crippen molar-refractivity contribution in [3.63, 3.8) is 0 Å². The van der Waals surface area contributed by atoms with Crippen LogP contribution in [-0.4, -0.2) is 36.5 Å². The van der Waals surface area contributed by atoms with Gasteiger partial charge in [0.05, 0.1) is 0 Å². The highest BCUT2D eigenvalue weighted by atomic mass is 16.1. The van der Waals surface area contributed by atoms with Crippen molar-refractivity contribution >= 4 is 5.91 Å². The normalized spacial score (nSPS) is 19.5. The summed E-state index contributed by atoms with van der Waals surface area (Å²) in [6, 6.07) is 8.47. The molecule has 1 aliphatic rings. The molecule has 1 atom stereocenters. The van der Waals surface area contributed by atoms with Crippen LogP contribution in [-0.2, 0) is 0 Å². The molecule has 0 aromatic heterocycles. The summed E-state index contributed by atoms with van der Waals surface area (Å²) >= 11 is 0. The van der Waals surface area contributed by atoms with Gasteiger partial charge in [-0.3, -0.25) is 9.69 Å². The minimum absolute atomic E-state index is 0.0447. The number of nitrogens with one attached hydrogen (secondary N) is 1. The van der Waals surface area contributed by atoms with E-state index in [9.17, 15) is 4.79 Å². The van der Waals surface area contributed by atoms with Crippen LogP contribution in [0.4, 0.5) is 0 Å². The van der Waals surface area contributed by atoms with Crippen molar-refractivity contribution in [2.45, 2.75) is 45.6 Å². The zero-order valence-electron chi connectivity index (χ0n) is 12.9. The van der Waals surface area contributed by atoms with Crippen LogP contribution in [0.15, 0.2) is 24.3 Å². The third-order valence-electron chi connectivity index (χ3n) is 4.24. The van der Waals surface area contributed by atoms with Crippen molar-refractivity contribution in [1.82, 2.24) is 10.2 Å². The summed E-state index contributed by atoms with van der Waals surface area (Å²) in [4.78, 5) is 14.6. The Bertz CT molecular complexity index is 439. The molecule has 0 aliphatic carbocycles. The molecule has 1 saturated heterocycles. The minimum atomic E-state index is 0.0447. The quantitative estimate of drug-likeness (QED) is 0.895. The highest BCUT2D eigenvalue weighted by Crippen LogP contribution is 2.16. The van der Waals surface area contributed by atoms with Gasteiger partial charge in [-0.25, -0.2) is 0 Å². The van der Waals surface area contributed by atoms with Crippen molar-refractivity contribution in [1.29, 1.82) is 0 Å². The Morgan fingerprint density at radius 1 is 1.35 bits per heavy atom. The van der Waals surface area contributed by atoms with Gasteiger partial charge in [-0.15, -0.1) is 0 Å². The lowest BCUT2D eigenvalue weighted by Gasteiger charge is -2.22. The van der Waals surface area contributed by atoms with E-state index in [2.05, 4.69) is 31.0 Å². The summed E-state index contributed by atoms with van der Waals surface area (Å²) in [7, 11) is 0. The van der Waals surface area contributed by atoms with Gasteiger partial charge in [-0.2, -0.15) is 0 Å². The van der Waals surface area contributed by atoms with Crippen LogP contribution in [0, 0.1) is 0 Å². The Morgan fingerprint density at radius 3 is 2.65 bits per heavy atom. The van der Waals surface area contributed by atoms with Crippen molar-refractivity contribution < 1.29 is 4.79 Å². The van der Waals surface area contributed by atoms with Crippen LogP contribution in [0.2, 0.25) is 0 Å². The molecular weight excluding hydrogens is 248 g/mol. The fourth-order valence-electron chi connectivity index (χ4n) is 2.87. The molecule has 0 spiro atoms. The molecule has 0 saturated carbocycles.